The van der Waals surface area contributed by atoms with Crippen molar-refractivity contribution in [2.45, 2.75) is 27.2 Å². The van der Waals surface area contributed by atoms with Crippen LogP contribution in [0.4, 0.5) is 5.82 Å². The lowest BCUT2D eigenvalue weighted by Crippen LogP contribution is -2.35. The van der Waals surface area contributed by atoms with Gasteiger partial charge in [0.2, 0.25) is 0 Å². The maximum Gasteiger partial charge on any atom is 0.255 e. The molecule has 2 N–H and O–H groups in total. The average molecular weight is 357 g/mol. The van der Waals surface area contributed by atoms with E-state index in [9.17, 15) is 4.79 Å². The summed E-state index contributed by atoms with van der Waals surface area (Å²) in [7, 11) is 0. The van der Waals surface area contributed by atoms with Crippen LogP contribution in [-0.4, -0.2) is 48.5 Å². The second-order valence-corrected chi connectivity index (χ2v) is 5.67. The first kappa shape index (κ1) is 17.9. The molecular formula is C15H25BrN4O. The van der Waals surface area contributed by atoms with Gasteiger partial charge in [0.1, 0.15) is 5.82 Å². The number of halogens is 1. The van der Waals surface area contributed by atoms with Crippen LogP contribution in [0.5, 0.6) is 0 Å². The molecule has 0 unspecified atom stereocenters. The van der Waals surface area contributed by atoms with Crippen molar-refractivity contribution in [2.24, 2.45) is 0 Å². The zero-order valence-corrected chi connectivity index (χ0v) is 14.7. The second kappa shape index (κ2) is 9.73. The molecule has 1 aromatic heterocycles. The number of likely N-dealkylation sites (N-methyl/N-ethyl adjacent to an activating group) is 1. The van der Waals surface area contributed by atoms with Crippen LogP contribution in [-0.2, 0) is 0 Å². The number of carbonyl (C=O) groups excluding carboxylic acids is 1. The summed E-state index contributed by atoms with van der Waals surface area (Å²) in [6.07, 6.45) is 2.69. The molecule has 0 saturated carbocycles. The molecule has 0 bridgehead atoms. The summed E-state index contributed by atoms with van der Waals surface area (Å²) >= 11 is 3.37. The summed E-state index contributed by atoms with van der Waals surface area (Å²) in [4.78, 5) is 18.9. The lowest BCUT2D eigenvalue weighted by molar-refractivity contribution is 0.0949. The van der Waals surface area contributed by atoms with Crippen LogP contribution >= 0.6 is 15.9 Å². The van der Waals surface area contributed by atoms with E-state index in [-0.39, 0.29) is 5.91 Å². The SMILES string of the molecule is CCCNc1ncc(Br)cc1C(=O)NCCN(CC)CC. The van der Waals surface area contributed by atoms with E-state index in [0.717, 1.165) is 37.1 Å². The number of amides is 1. The fourth-order valence-electron chi connectivity index (χ4n) is 1.96. The molecule has 0 saturated heterocycles. The smallest absolute Gasteiger partial charge is 0.255 e. The molecule has 1 aromatic rings. The van der Waals surface area contributed by atoms with Crippen molar-refractivity contribution >= 4 is 27.7 Å². The maximum atomic E-state index is 12.3. The van der Waals surface area contributed by atoms with Crippen LogP contribution in [0.25, 0.3) is 0 Å². The molecule has 0 aromatic carbocycles. The standard InChI is InChI=1S/C15H25BrN4O/c1-4-7-17-14-13(10-12(16)11-19-14)15(21)18-8-9-20(5-2)6-3/h10-11H,4-9H2,1-3H3,(H,17,19)(H,18,21). The molecule has 1 amide bonds. The molecule has 1 heterocycles. The summed E-state index contributed by atoms with van der Waals surface area (Å²) in [5.41, 5.74) is 0.581. The molecule has 118 valence electrons. The van der Waals surface area contributed by atoms with Gasteiger partial charge in [0.15, 0.2) is 0 Å². The normalized spacial score (nSPS) is 10.7. The van der Waals surface area contributed by atoms with Gasteiger partial charge in [0, 0.05) is 30.3 Å². The third-order valence-electron chi connectivity index (χ3n) is 3.25. The van der Waals surface area contributed by atoms with Gasteiger partial charge in [-0.05, 0) is 41.5 Å². The van der Waals surface area contributed by atoms with E-state index in [1.807, 2.05) is 0 Å². The number of rotatable bonds is 9. The molecule has 0 spiro atoms. The van der Waals surface area contributed by atoms with E-state index in [1.54, 1.807) is 12.3 Å². The summed E-state index contributed by atoms with van der Waals surface area (Å²) < 4.78 is 0.804. The molecule has 0 aliphatic carbocycles. The third-order valence-corrected chi connectivity index (χ3v) is 3.68. The Labute approximate surface area is 135 Å². The number of hydrogen-bond acceptors (Lipinski definition) is 4. The highest BCUT2D eigenvalue weighted by Gasteiger charge is 2.13. The van der Waals surface area contributed by atoms with Crippen LogP contribution in [0.15, 0.2) is 16.7 Å². The first-order valence-electron chi connectivity index (χ1n) is 7.52. The Balaban J connectivity index is 2.65. The second-order valence-electron chi connectivity index (χ2n) is 4.76. The van der Waals surface area contributed by atoms with Crippen molar-refractivity contribution in [1.29, 1.82) is 0 Å². The zero-order chi connectivity index (χ0) is 15.7. The van der Waals surface area contributed by atoms with Crippen LogP contribution in [0.2, 0.25) is 0 Å². The van der Waals surface area contributed by atoms with Gasteiger partial charge in [-0.15, -0.1) is 0 Å². The summed E-state index contributed by atoms with van der Waals surface area (Å²) in [6, 6.07) is 1.80. The van der Waals surface area contributed by atoms with E-state index >= 15 is 0 Å². The molecule has 0 fully saturated rings. The lowest BCUT2D eigenvalue weighted by atomic mass is 10.2. The van der Waals surface area contributed by atoms with Gasteiger partial charge < -0.3 is 15.5 Å². The minimum atomic E-state index is -0.0884. The van der Waals surface area contributed by atoms with E-state index in [1.165, 1.54) is 0 Å². The van der Waals surface area contributed by atoms with Crippen molar-refractivity contribution in [3.8, 4) is 0 Å². The lowest BCUT2D eigenvalue weighted by Gasteiger charge is -2.18. The predicted molar refractivity (Wildman–Crippen MR) is 90.8 cm³/mol. The Morgan fingerprint density at radius 1 is 1.29 bits per heavy atom. The molecule has 0 aliphatic rings. The average Bonchev–Trinajstić information content (AvgIpc) is 2.50. The Morgan fingerprint density at radius 3 is 2.62 bits per heavy atom. The molecule has 21 heavy (non-hydrogen) atoms. The predicted octanol–water partition coefficient (Wildman–Crippen LogP) is 2.74. The van der Waals surface area contributed by atoms with Crippen molar-refractivity contribution in [3.05, 3.63) is 22.3 Å². The highest BCUT2D eigenvalue weighted by atomic mass is 79.9. The largest absolute Gasteiger partial charge is 0.369 e. The van der Waals surface area contributed by atoms with Gasteiger partial charge in [-0.1, -0.05) is 20.8 Å². The Morgan fingerprint density at radius 2 is 2.00 bits per heavy atom. The van der Waals surface area contributed by atoms with Crippen molar-refractivity contribution in [1.82, 2.24) is 15.2 Å². The van der Waals surface area contributed by atoms with Gasteiger partial charge in [-0.3, -0.25) is 4.79 Å². The minimum Gasteiger partial charge on any atom is -0.369 e. The first-order chi connectivity index (χ1) is 10.1. The Kier molecular flexibility index (Phi) is 8.30. The van der Waals surface area contributed by atoms with Gasteiger partial charge in [0.25, 0.3) is 5.91 Å². The van der Waals surface area contributed by atoms with Gasteiger partial charge in [0.05, 0.1) is 5.56 Å². The molecular weight excluding hydrogens is 332 g/mol. The van der Waals surface area contributed by atoms with Gasteiger partial charge in [-0.2, -0.15) is 0 Å². The quantitative estimate of drug-likeness (QED) is 0.714. The number of carbonyl (C=O) groups is 1. The number of anilines is 1. The molecule has 0 radical (unpaired) electrons. The van der Waals surface area contributed by atoms with E-state index < -0.39 is 0 Å². The molecule has 6 heteroatoms. The number of aromatic nitrogens is 1. The number of nitrogens with zero attached hydrogens (tertiary/aromatic N) is 2. The number of pyridine rings is 1. The van der Waals surface area contributed by atoms with E-state index in [4.69, 9.17) is 0 Å². The highest BCUT2D eigenvalue weighted by molar-refractivity contribution is 9.10. The van der Waals surface area contributed by atoms with Crippen LogP contribution in [0, 0.1) is 0 Å². The summed E-state index contributed by atoms with van der Waals surface area (Å²) in [5.74, 6) is 0.551. The van der Waals surface area contributed by atoms with Crippen LogP contribution in [0.3, 0.4) is 0 Å². The maximum absolute atomic E-state index is 12.3. The summed E-state index contributed by atoms with van der Waals surface area (Å²) in [6.45, 7) is 10.6. The minimum absolute atomic E-state index is 0.0884. The van der Waals surface area contributed by atoms with Crippen LogP contribution < -0.4 is 10.6 Å². The molecule has 0 atom stereocenters. The topological polar surface area (TPSA) is 57.3 Å². The summed E-state index contributed by atoms with van der Waals surface area (Å²) in [5, 5.41) is 6.15. The van der Waals surface area contributed by atoms with Crippen molar-refractivity contribution in [3.63, 3.8) is 0 Å². The Bertz CT molecular complexity index is 449. The first-order valence-corrected chi connectivity index (χ1v) is 8.31. The van der Waals surface area contributed by atoms with E-state index in [2.05, 4.69) is 57.2 Å². The molecule has 0 aliphatic heterocycles. The number of hydrogen-bond donors (Lipinski definition) is 2. The highest BCUT2D eigenvalue weighted by Crippen LogP contribution is 2.18. The molecule has 1 rings (SSSR count). The fourth-order valence-corrected chi connectivity index (χ4v) is 2.29. The van der Waals surface area contributed by atoms with Gasteiger partial charge in [-0.25, -0.2) is 4.98 Å². The van der Waals surface area contributed by atoms with Crippen molar-refractivity contribution in [2.75, 3.05) is 38.0 Å². The Hall–Kier alpha value is -1.14. The fraction of sp³-hybridized carbons (Fsp3) is 0.600. The number of nitrogens with one attached hydrogen (secondary N) is 2. The van der Waals surface area contributed by atoms with E-state index in [0.29, 0.717) is 17.9 Å². The molecule has 5 nitrogen and oxygen atoms in total. The monoisotopic (exact) mass is 356 g/mol. The third kappa shape index (κ3) is 6.01. The van der Waals surface area contributed by atoms with Gasteiger partial charge >= 0.3 is 0 Å². The zero-order valence-electron chi connectivity index (χ0n) is 13.1. The van der Waals surface area contributed by atoms with Crippen LogP contribution in [0.1, 0.15) is 37.6 Å². The van der Waals surface area contributed by atoms with Crippen molar-refractivity contribution < 1.29 is 4.79 Å².